The Morgan fingerprint density at radius 3 is 2.02 bits per heavy atom. The SMILES string of the molecule is c1ccc(-c2cccc3c2oc2c4ccccc4c(-c4cccc(-c5ccc6ccc7cccnc7c6n5)c4)cc32)cc1. The highest BCUT2D eigenvalue weighted by Gasteiger charge is 2.17. The van der Waals surface area contributed by atoms with Gasteiger partial charge in [-0.1, -0.05) is 115 Å². The van der Waals surface area contributed by atoms with Gasteiger partial charge in [0.2, 0.25) is 0 Å². The van der Waals surface area contributed by atoms with Gasteiger partial charge in [0.25, 0.3) is 0 Å². The van der Waals surface area contributed by atoms with E-state index in [-0.39, 0.29) is 0 Å². The molecule has 0 saturated heterocycles. The van der Waals surface area contributed by atoms with Crippen molar-refractivity contribution in [1.82, 2.24) is 9.97 Å². The number of furan rings is 1. The van der Waals surface area contributed by atoms with E-state index in [0.29, 0.717) is 0 Å². The van der Waals surface area contributed by atoms with Gasteiger partial charge in [-0.3, -0.25) is 4.98 Å². The maximum absolute atomic E-state index is 6.70. The molecule has 9 aromatic rings. The van der Waals surface area contributed by atoms with Gasteiger partial charge in [-0.15, -0.1) is 0 Å². The van der Waals surface area contributed by atoms with Crippen LogP contribution in [-0.2, 0) is 0 Å². The predicted molar refractivity (Wildman–Crippen MR) is 178 cm³/mol. The second-order valence-electron chi connectivity index (χ2n) is 11.0. The second-order valence-corrected chi connectivity index (χ2v) is 11.0. The van der Waals surface area contributed by atoms with Crippen LogP contribution in [0.15, 0.2) is 150 Å². The third-order valence-electron chi connectivity index (χ3n) is 8.49. The molecule has 0 bridgehead atoms. The lowest BCUT2D eigenvalue weighted by molar-refractivity contribution is 0.674. The number of rotatable bonds is 3. The number of hydrogen-bond donors (Lipinski definition) is 0. The summed E-state index contributed by atoms with van der Waals surface area (Å²) in [4.78, 5) is 9.76. The van der Waals surface area contributed by atoms with E-state index in [1.54, 1.807) is 0 Å². The molecule has 3 aromatic heterocycles. The molecule has 0 unspecified atom stereocenters. The lowest BCUT2D eigenvalue weighted by Gasteiger charge is -2.11. The Balaban J connectivity index is 1.26. The fourth-order valence-corrected chi connectivity index (χ4v) is 6.43. The summed E-state index contributed by atoms with van der Waals surface area (Å²) >= 11 is 0. The molecule has 6 aromatic carbocycles. The minimum absolute atomic E-state index is 0.918. The van der Waals surface area contributed by atoms with Crippen LogP contribution in [0.1, 0.15) is 0 Å². The van der Waals surface area contributed by atoms with Gasteiger partial charge in [-0.25, -0.2) is 4.98 Å². The summed E-state index contributed by atoms with van der Waals surface area (Å²) in [5.74, 6) is 0. The van der Waals surface area contributed by atoms with E-state index in [1.165, 1.54) is 5.56 Å². The number of fused-ring (bicyclic) bond motifs is 8. The molecule has 0 aliphatic carbocycles. The third-order valence-corrected chi connectivity index (χ3v) is 8.49. The van der Waals surface area contributed by atoms with Crippen molar-refractivity contribution < 1.29 is 4.42 Å². The van der Waals surface area contributed by atoms with Gasteiger partial charge < -0.3 is 4.42 Å². The lowest BCUT2D eigenvalue weighted by atomic mass is 9.93. The van der Waals surface area contributed by atoms with Crippen molar-refractivity contribution in [2.24, 2.45) is 0 Å². The molecular formula is C40H24N2O. The number of nitrogens with zero attached hydrogens (tertiary/aromatic N) is 2. The van der Waals surface area contributed by atoms with Crippen molar-refractivity contribution >= 4 is 54.5 Å². The van der Waals surface area contributed by atoms with Gasteiger partial charge in [-0.2, -0.15) is 0 Å². The van der Waals surface area contributed by atoms with Crippen molar-refractivity contribution in [3.8, 4) is 33.5 Å². The molecule has 43 heavy (non-hydrogen) atoms. The zero-order valence-corrected chi connectivity index (χ0v) is 23.2. The number of pyridine rings is 2. The average molecular weight is 549 g/mol. The highest BCUT2D eigenvalue weighted by molar-refractivity contribution is 6.20. The van der Waals surface area contributed by atoms with Crippen molar-refractivity contribution in [2.75, 3.05) is 0 Å². The van der Waals surface area contributed by atoms with Crippen LogP contribution in [0.4, 0.5) is 0 Å². The molecule has 0 fully saturated rings. The monoisotopic (exact) mass is 548 g/mol. The van der Waals surface area contributed by atoms with Gasteiger partial charge in [0.1, 0.15) is 11.2 Å². The predicted octanol–water partition coefficient (Wildman–Crippen LogP) is 10.8. The summed E-state index contributed by atoms with van der Waals surface area (Å²) in [6.45, 7) is 0. The fraction of sp³-hybridized carbons (Fsp3) is 0. The van der Waals surface area contributed by atoms with Crippen LogP contribution in [0, 0.1) is 0 Å². The van der Waals surface area contributed by atoms with Crippen LogP contribution in [0.3, 0.4) is 0 Å². The van der Waals surface area contributed by atoms with E-state index in [0.717, 1.165) is 82.5 Å². The Labute approximate surface area is 247 Å². The van der Waals surface area contributed by atoms with Gasteiger partial charge in [0.05, 0.1) is 16.7 Å². The molecule has 0 radical (unpaired) electrons. The smallest absolute Gasteiger partial charge is 0.143 e. The molecule has 0 spiro atoms. The fourth-order valence-electron chi connectivity index (χ4n) is 6.43. The van der Waals surface area contributed by atoms with Crippen LogP contribution in [0.25, 0.3) is 88.0 Å². The van der Waals surface area contributed by atoms with Crippen LogP contribution >= 0.6 is 0 Å². The normalized spacial score (nSPS) is 11.7. The van der Waals surface area contributed by atoms with Crippen molar-refractivity contribution in [1.29, 1.82) is 0 Å². The van der Waals surface area contributed by atoms with Gasteiger partial charge in [0, 0.05) is 44.3 Å². The first-order valence-corrected chi connectivity index (χ1v) is 14.5. The van der Waals surface area contributed by atoms with Crippen LogP contribution in [0.2, 0.25) is 0 Å². The zero-order valence-electron chi connectivity index (χ0n) is 23.2. The largest absolute Gasteiger partial charge is 0.455 e. The van der Waals surface area contributed by atoms with Crippen molar-refractivity contribution in [3.63, 3.8) is 0 Å². The summed E-state index contributed by atoms with van der Waals surface area (Å²) in [6.07, 6.45) is 1.83. The molecule has 3 heterocycles. The van der Waals surface area contributed by atoms with Crippen LogP contribution < -0.4 is 0 Å². The van der Waals surface area contributed by atoms with E-state index in [2.05, 4.69) is 132 Å². The molecule has 0 atom stereocenters. The Kier molecular flexibility index (Phi) is 5.20. The zero-order chi connectivity index (χ0) is 28.3. The highest BCUT2D eigenvalue weighted by Crippen LogP contribution is 2.42. The first kappa shape index (κ1) is 23.9. The maximum Gasteiger partial charge on any atom is 0.143 e. The number of benzene rings is 6. The molecule has 0 N–H and O–H groups in total. The topological polar surface area (TPSA) is 38.9 Å². The lowest BCUT2D eigenvalue weighted by Crippen LogP contribution is -1.89. The van der Waals surface area contributed by atoms with Gasteiger partial charge >= 0.3 is 0 Å². The number of hydrogen-bond acceptors (Lipinski definition) is 3. The second kappa shape index (κ2) is 9.37. The van der Waals surface area contributed by atoms with Gasteiger partial charge in [0.15, 0.2) is 0 Å². The summed E-state index contributed by atoms with van der Waals surface area (Å²) in [6, 6.07) is 48.9. The Morgan fingerprint density at radius 1 is 0.419 bits per heavy atom. The minimum Gasteiger partial charge on any atom is -0.455 e. The summed E-state index contributed by atoms with van der Waals surface area (Å²) in [5.41, 5.74) is 10.3. The molecule has 9 rings (SSSR count). The van der Waals surface area contributed by atoms with Crippen molar-refractivity contribution in [2.45, 2.75) is 0 Å². The first-order chi connectivity index (χ1) is 21.3. The number of aromatic nitrogens is 2. The summed E-state index contributed by atoms with van der Waals surface area (Å²) < 4.78 is 6.70. The Bertz CT molecular complexity index is 2510. The molecular weight excluding hydrogens is 524 g/mol. The maximum atomic E-state index is 6.70. The van der Waals surface area contributed by atoms with E-state index in [4.69, 9.17) is 9.40 Å². The van der Waals surface area contributed by atoms with Gasteiger partial charge in [-0.05, 0) is 46.3 Å². The molecule has 3 nitrogen and oxygen atoms in total. The first-order valence-electron chi connectivity index (χ1n) is 14.5. The van der Waals surface area contributed by atoms with E-state index < -0.39 is 0 Å². The van der Waals surface area contributed by atoms with E-state index in [1.807, 2.05) is 18.3 Å². The van der Waals surface area contributed by atoms with E-state index in [9.17, 15) is 0 Å². The van der Waals surface area contributed by atoms with Crippen LogP contribution in [0.5, 0.6) is 0 Å². The van der Waals surface area contributed by atoms with Crippen LogP contribution in [-0.4, -0.2) is 9.97 Å². The molecule has 0 aliphatic heterocycles. The molecule has 200 valence electrons. The third kappa shape index (κ3) is 3.75. The average Bonchev–Trinajstić information content (AvgIpc) is 3.47. The quantitative estimate of drug-likeness (QED) is 0.206. The number of para-hydroxylation sites is 1. The molecule has 0 aliphatic rings. The van der Waals surface area contributed by atoms with Crippen molar-refractivity contribution in [3.05, 3.63) is 146 Å². The Hall–Kier alpha value is -5.80. The standard InChI is InChI=1S/C40H24N2O/c1-2-9-25(10-3-1)30-16-7-17-33-35-24-34(31-14-4-5-15-32(31)40(35)43-39(30)33)28-11-6-12-29(23-28)36-21-20-27-19-18-26-13-8-22-41-37(26)38(27)42-36/h1-24H. The summed E-state index contributed by atoms with van der Waals surface area (Å²) in [7, 11) is 0. The highest BCUT2D eigenvalue weighted by atomic mass is 16.3. The summed E-state index contributed by atoms with van der Waals surface area (Å²) in [5, 5.41) is 6.69. The minimum atomic E-state index is 0.918. The molecule has 3 heteroatoms. The Morgan fingerprint density at radius 2 is 1.12 bits per heavy atom. The molecule has 0 saturated carbocycles. The van der Waals surface area contributed by atoms with E-state index >= 15 is 0 Å². The molecule has 0 amide bonds.